The summed E-state index contributed by atoms with van der Waals surface area (Å²) in [5.74, 6) is 0.591. The molecule has 178 valence electrons. The van der Waals surface area contributed by atoms with Crippen molar-refractivity contribution >= 4 is 34.7 Å². The molecule has 1 aliphatic rings. The van der Waals surface area contributed by atoms with Crippen molar-refractivity contribution in [2.45, 2.75) is 40.2 Å². The highest BCUT2D eigenvalue weighted by molar-refractivity contribution is 7.10. The first kappa shape index (κ1) is 24.2. The molecular weight excluding hydrogens is 468 g/mol. The highest BCUT2D eigenvalue weighted by Gasteiger charge is 2.34. The molecule has 0 saturated carbocycles. The van der Waals surface area contributed by atoms with Crippen LogP contribution in [0, 0.1) is 5.92 Å². The molecule has 0 N–H and O–H groups in total. The summed E-state index contributed by atoms with van der Waals surface area (Å²) in [6.07, 6.45) is 2.80. The zero-order valence-corrected chi connectivity index (χ0v) is 21.4. The van der Waals surface area contributed by atoms with Gasteiger partial charge in [0, 0.05) is 4.88 Å². The lowest BCUT2D eigenvalue weighted by molar-refractivity contribution is -0.140. The van der Waals surface area contributed by atoms with Crippen molar-refractivity contribution in [1.29, 1.82) is 0 Å². The van der Waals surface area contributed by atoms with Gasteiger partial charge >= 0.3 is 5.97 Å². The van der Waals surface area contributed by atoms with E-state index in [0.717, 1.165) is 22.6 Å². The van der Waals surface area contributed by atoms with E-state index >= 15 is 0 Å². The Bertz CT molecular complexity index is 1360. The average Bonchev–Trinajstić information content (AvgIpc) is 3.45. The normalized spacial score (nSPS) is 15.9. The van der Waals surface area contributed by atoms with Gasteiger partial charge in [-0.15, -0.1) is 11.3 Å². The number of nitrogens with zero attached hydrogens (tertiary/aromatic N) is 2. The number of esters is 1. The molecule has 0 fully saturated rings. The Morgan fingerprint density at radius 3 is 2.65 bits per heavy atom. The predicted molar refractivity (Wildman–Crippen MR) is 136 cm³/mol. The molecule has 1 atom stereocenters. The van der Waals surface area contributed by atoms with Crippen molar-refractivity contribution in [3.05, 3.63) is 83.2 Å². The van der Waals surface area contributed by atoms with Crippen LogP contribution in [0.5, 0.6) is 5.75 Å². The lowest BCUT2D eigenvalue weighted by atomic mass is 10.0. The molecule has 3 heterocycles. The Kier molecular flexibility index (Phi) is 7.48. The molecule has 0 amide bonds. The third-order valence-electron chi connectivity index (χ3n) is 5.25. The van der Waals surface area contributed by atoms with Gasteiger partial charge in [0.1, 0.15) is 11.8 Å². The quantitative estimate of drug-likeness (QED) is 0.437. The second-order valence-electron chi connectivity index (χ2n) is 8.51. The zero-order valence-electron chi connectivity index (χ0n) is 19.7. The van der Waals surface area contributed by atoms with Crippen LogP contribution in [0.15, 0.2) is 62.8 Å². The molecule has 0 bridgehead atoms. The van der Waals surface area contributed by atoms with Gasteiger partial charge in [-0.3, -0.25) is 9.36 Å². The number of rotatable bonds is 8. The fourth-order valence-corrected chi connectivity index (χ4v) is 5.52. The molecule has 0 spiro atoms. The van der Waals surface area contributed by atoms with Gasteiger partial charge in [-0.2, -0.15) is 0 Å². The van der Waals surface area contributed by atoms with Gasteiger partial charge in [0.25, 0.3) is 5.56 Å². The monoisotopic (exact) mass is 496 g/mol. The van der Waals surface area contributed by atoms with Crippen LogP contribution < -0.4 is 19.6 Å². The largest absolute Gasteiger partial charge is 0.494 e. The lowest BCUT2D eigenvalue weighted by Crippen LogP contribution is -2.39. The molecular formula is C26H28N2O4S2. The average molecular weight is 497 g/mol. The van der Waals surface area contributed by atoms with Crippen LogP contribution in [0.3, 0.4) is 0 Å². The van der Waals surface area contributed by atoms with Gasteiger partial charge in [-0.25, -0.2) is 9.79 Å². The number of thiazole rings is 1. The molecule has 8 heteroatoms. The maximum atomic E-state index is 13.6. The minimum absolute atomic E-state index is 0.171. The van der Waals surface area contributed by atoms with Crippen molar-refractivity contribution in [3.63, 3.8) is 0 Å². The summed E-state index contributed by atoms with van der Waals surface area (Å²) >= 11 is 2.83. The number of hydrogen-bond donors (Lipinski definition) is 0. The molecule has 0 unspecified atom stereocenters. The molecule has 0 saturated heterocycles. The maximum Gasteiger partial charge on any atom is 0.338 e. The van der Waals surface area contributed by atoms with Crippen molar-refractivity contribution in [3.8, 4) is 5.75 Å². The van der Waals surface area contributed by atoms with Gasteiger partial charge in [0.05, 0.1) is 29.0 Å². The summed E-state index contributed by atoms with van der Waals surface area (Å²) in [5.41, 5.74) is 1.72. The van der Waals surface area contributed by atoms with Crippen molar-refractivity contribution in [2.24, 2.45) is 10.9 Å². The second kappa shape index (κ2) is 10.5. The number of carbonyl (C=O) groups excluding carboxylic acids is 1. The van der Waals surface area contributed by atoms with E-state index < -0.39 is 12.0 Å². The summed E-state index contributed by atoms with van der Waals surface area (Å²) in [5, 5.41) is 1.94. The van der Waals surface area contributed by atoms with E-state index in [4.69, 9.17) is 9.47 Å². The lowest BCUT2D eigenvalue weighted by Gasteiger charge is -2.23. The van der Waals surface area contributed by atoms with E-state index in [1.54, 1.807) is 11.5 Å². The fourth-order valence-electron chi connectivity index (χ4n) is 3.65. The van der Waals surface area contributed by atoms with Crippen LogP contribution in [-0.4, -0.2) is 23.8 Å². The topological polar surface area (TPSA) is 69.9 Å². The minimum atomic E-state index is -0.553. The number of hydrogen-bond acceptors (Lipinski definition) is 7. The predicted octanol–water partition coefficient (Wildman–Crippen LogP) is 4.28. The summed E-state index contributed by atoms with van der Waals surface area (Å²) in [6, 6.07) is 11.0. The fraction of sp³-hybridized carbons (Fsp3) is 0.346. The number of ether oxygens (including phenoxy) is 2. The number of fused-ring (bicyclic) bond motifs is 1. The summed E-state index contributed by atoms with van der Waals surface area (Å²) in [7, 11) is 0. The summed E-state index contributed by atoms with van der Waals surface area (Å²) in [6.45, 7) is 8.83. The van der Waals surface area contributed by atoms with Crippen LogP contribution in [0.1, 0.15) is 50.6 Å². The Morgan fingerprint density at radius 1 is 1.24 bits per heavy atom. The molecule has 2 aromatic heterocycles. The summed E-state index contributed by atoms with van der Waals surface area (Å²) < 4.78 is 13.4. The smallest absolute Gasteiger partial charge is 0.338 e. The first-order valence-corrected chi connectivity index (χ1v) is 13.0. The number of aromatic nitrogens is 1. The number of benzene rings is 1. The van der Waals surface area contributed by atoms with Gasteiger partial charge in [-0.05, 0) is 54.5 Å². The molecule has 1 aliphatic heterocycles. The van der Waals surface area contributed by atoms with E-state index in [0.29, 0.717) is 33.8 Å². The van der Waals surface area contributed by atoms with Crippen LogP contribution >= 0.6 is 22.7 Å². The van der Waals surface area contributed by atoms with E-state index in [-0.39, 0.29) is 11.5 Å². The molecule has 3 aromatic rings. The number of allylic oxidation sites excluding steroid dienone is 1. The van der Waals surface area contributed by atoms with Crippen molar-refractivity contribution in [1.82, 2.24) is 4.57 Å². The Labute approximate surface area is 206 Å². The zero-order chi connectivity index (χ0) is 24.2. The molecule has 34 heavy (non-hydrogen) atoms. The first-order chi connectivity index (χ1) is 16.4. The van der Waals surface area contributed by atoms with Gasteiger partial charge in [0.15, 0.2) is 4.80 Å². The number of carbonyl (C=O) groups is 1. The van der Waals surface area contributed by atoms with Crippen molar-refractivity contribution in [2.75, 3.05) is 13.2 Å². The van der Waals surface area contributed by atoms with E-state index in [9.17, 15) is 9.59 Å². The van der Waals surface area contributed by atoms with Crippen LogP contribution in [0.4, 0.5) is 0 Å². The van der Waals surface area contributed by atoms with Crippen LogP contribution in [0.2, 0.25) is 0 Å². The third-order valence-corrected chi connectivity index (χ3v) is 7.16. The second-order valence-corrected chi connectivity index (χ2v) is 10.5. The Hall–Kier alpha value is -2.97. The van der Waals surface area contributed by atoms with Gasteiger partial charge in [-0.1, -0.05) is 50.3 Å². The van der Waals surface area contributed by atoms with Crippen LogP contribution in [-0.2, 0) is 9.53 Å². The molecule has 0 radical (unpaired) electrons. The summed E-state index contributed by atoms with van der Waals surface area (Å²) in [4.78, 5) is 32.7. The third kappa shape index (κ3) is 5.08. The highest BCUT2D eigenvalue weighted by atomic mass is 32.1. The van der Waals surface area contributed by atoms with Gasteiger partial charge < -0.3 is 9.47 Å². The van der Waals surface area contributed by atoms with Crippen molar-refractivity contribution < 1.29 is 14.3 Å². The molecule has 0 aliphatic carbocycles. The Balaban J connectivity index is 1.77. The highest BCUT2D eigenvalue weighted by Crippen LogP contribution is 2.33. The SMILES string of the molecule is CCCOc1ccc(/C=c2/sc3n(c2=O)[C@@H](c2cccs2)C(C(=O)OCC(C)C)=C(C)N=3)cc1. The first-order valence-electron chi connectivity index (χ1n) is 11.3. The van der Waals surface area contributed by atoms with E-state index in [1.807, 2.05) is 61.7 Å². The van der Waals surface area contributed by atoms with E-state index in [2.05, 4.69) is 11.9 Å². The number of thiophene rings is 1. The minimum Gasteiger partial charge on any atom is -0.494 e. The molecule has 4 rings (SSSR count). The van der Waals surface area contributed by atoms with Crippen LogP contribution in [0.25, 0.3) is 6.08 Å². The standard InChI is InChI=1S/C26H28N2O4S2/c1-5-12-31-19-10-8-18(9-11-19)14-21-24(29)28-23(20-7-6-13-33-20)22(17(4)27-26(28)34-21)25(30)32-15-16(2)3/h6-11,13-14,16,23H,5,12,15H2,1-4H3/b21-14+/t23-/m0/s1. The molecule has 6 nitrogen and oxygen atoms in total. The van der Waals surface area contributed by atoms with Gasteiger partial charge in [0.2, 0.25) is 0 Å². The Morgan fingerprint density at radius 2 is 2.00 bits per heavy atom. The molecule has 1 aromatic carbocycles. The van der Waals surface area contributed by atoms with E-state index in [1.165, 1.54) is 22.7 Å². The maximum absolute atomic E-state index is 13.6.